The predicted molar refractivity (Wildman–Crippen MR) is 71.3 cm³/mol. The highest BCUT2D eigenvalue weighted by molar-refractivity contribution is 4.90. The van der Waals surface area contributed by atoms with Crippen LogP contribution >= 0.6 is 0 Å². The third kappa shape index (κ3) is 3.21. The lowest BCUT2D eigenvalue weighted by Crippen LogP contribution is -2.52. The molecule has 0 radical (unpaired) electrons. The van der Waals surface area contributed by atoms with Gasteiger partial charge in [-0.25, -0.2) is 0 Å². The summed E-state index contributed by atoms with van der Waals surface area (Å²) in [5.74, 6) is 0. The Morgan fingerprint density at radius 3 is 2.53 bits per heavy atom. The maximum atomic E-state index is 5.69. The Bertz CT molecular complexity index is 238. The van der Waals surface area contributed by atoms with Crippen molar-refractivity contribution in [2.24, 2.45) is 0 Å². The van der Waals surface area contributed by atoms with Gasteiger partial charge in [0.05, 0.1) is 5.60 Å². The van der Waals surface area contributed by atoms with Crippen molar-refractivity contribution in [1.29, 1.82) is 0 Å². The summed E-state index contributed by atoms with van der Waals surface area (Å²) in [5.41, 5.74) is 0.0953. The second-order valence-corrected chi connectivity index (χ2v) is 6.02. The second-order valence-electron chi connectivity index (χ2n) is 6.02. The Hall–Kier alpha value is -0.120. The number of piperidine rings is 1. The maximum absolute atomic E-state index is 5.69. The smallest absolute Gasteiger partial charge is 0.0777 e. The summed E-state index contributed by atoms with van der Waals surface area (Å²) in [5, 5.41) is 3.41. The van der Waals surface area contributed by atoms with E-state index in [1.807, 2.05) is 7.11 Å². The normalized spacial score (nSPS) is 40.4. The molecular formula is C14H28N2O. The van der Waals surface area contributed by atoms with E-state index in [-0.39, 0.29) is 5.60 Å². The van der Waals surface area contributed by atoms with Gasteiger partial charge < -0.3 is 10.1 Å². The van der Waals surface area contributed by atoms with Crippen molar-refractivity contribution in [3.63, 3.8) is 0 Å². The van der Waals surface area contributed by atoms with Crippen LogP contribution in [0, 0.1) is 0 Å². The first-order valence-electron chi connectivity index (χ1n) is 7.13. The van der Waals surface area contributed by atoms with Crippen LogP contribution in [0.25, 0.3) is 0 Å². The van der Waals surface area contributed by atoms with E-state index in [0.717, 1.165) is 18.6 Å². The van der Waals surface area contributed by atoms with Crippen molar-refractivity contribution in [2.45, 2.75) is 63.1 Å². The van der Waals surface area contributed by atoms with E-state index in [1.165, 1.54) is 45.1 Å². The minimum atomic E-state index is 0.0953. The molecule has 1 atom stereocenters. The van der Waals surface area contributed by atoms with Crippen LogP contribution in [0.1, 0.15) is 45.4 Å². The SMILES string of the molecule is CNC1CCC(N2CCCC(C)(OC)C2)CC1. The first kappa shape index (κ1) is 13.3. The largest absolute Gasteiger partial charge is 0.377 e. The molecule has 2 rings (SSSR count). The quantitative estimate of drug-likeness (QED) is 0.817. The molecule has 17 heavy (non-hydrogen) atoms. The first-order chi connectivity index (χ1) is 8.17. The number of hydrogen-bond donors (Lipinski definition) is 1. The van der Waals surface area contributed by atoms with Crippen LogP contribution in [-0.4, -0.2) is 49.8 Å². The van der Waals surface area contributed by atoms with E-state index in [1.54, 1.807) is 0 Å². The van der Waals surface area contributed by atoms with E-state index < -0.39 is 0 Å². The molecule has 100 valence electrons. The lowest BCUT2D eigenvalue weighted by Gasteiger charge is -2.45. The molecule has 0 bridgehead atoms. The minimum Gasteiger partial charge on any atom is -0.377 e. The van der Waals surface area contributed by atoms with E-state index in [0.29, 0.717) is 0 Å². The summed E-state index contributed by atoms with van der Waals surface area (Å²) in [6, 6.07) is 1.55. The number of hydrogen-bond acceptors (Lipinski definition) is 3. The lowest BCUT2D eigenvalue weighted by molar-refractivity contribution is -0.0652. The first-order valence-corrected chi connectivity index (χ1v) is 7.13. The number of methoxy groups -OCH3 is 1. The minimum absolute atomic E-state index is 0.0953. The van der Waals surface area contributed by atoms with E-state index in [2.05, 4.69) is 24.2 Å². The molecule has 3 nitrogen and oxygen atoms in total. The van der Waals surface area contributed by atoms with Crippen LogP contribution < -0.4 is 5.32 Å². The fourth-order valence-corrected chi connectivity index (χ4v) is 3.45. The summed E-state index contributed by atoms with van der Waals surface area (Å²) in [4.78, 5) is 2.68. The summed E-state index contributed by atoms with van der Waals surface area (Å²) >= 11 is 0. The van der Waals surface area contributed by atoms with Gasteiger partial charge in [-0.15, -0.1) is 0 Å². The van der Waals surface area contributed by atoms with Gasteiger partial charge in [-0.1, -0.05) is 0 Å². The molecule has 0 aromatic rings. The number of rotatable bonds is 3. The fraction of sp³-hybridized carbons (Fsp3) is 1.00. The van der Waals surface area contributed by atoms with Crippen LogP contribution in [-0.2, 0) is 4.74 Å². The number of ether oxygens (including phenoxy) is 1. The van der Waals surface area contributed by atoms with E-state index >= 15 is 0 Å². The van der Waals surface area contributed by atoms with Gasteiger partial charge in [-0.05, 0) is 59.0 Å². The van der Waals surface area contributed by atoms with Crippen molar-refractivity contribution in [2.75, 3.05) is 27.2 Å². The van der Waals surface area contributed by atoms with Gasteiger partial charge in [0.2, 0.25) is 0 Å². The van der Waals surface area contributed by atoms with Crippen molar-refractivity contribution < 1.29 is 4.74 Å². The van der Waals surface area contributed by atoms with Crippen molar-refractivity contribution >= 4 is 0 Å². The molecule has 0 aromatic carbocycles. The third-order valence-corrected chi connectivity index (χ3v) is 4.80. The van der Waals surface area contributed by atoms with Crippen LogP contribution in [0.15, 0.2) is 0 Å². The van der Waals surface area contributed by atoms with Gasteiger partial charge in [0.15, 0.2) is 0 Å². The zero-order valence-corrected chi connectivity index (χ0v) is 11.7. The molecule has 1 aliphatic carbocycles. The average Bonchev–Trinajstić information content (AvgIpc) is 2.39. The van der Waals surface area contributed by atoms with Gasteiger partial charge in [0.25, 0.3) is 0 Å². The third-order valence-electron chi connectivity index (χ3n) is 4.80. The van der Waals surface area contributed by atoms with Gasteiger partial charge in [0, 0.05) is 25.7 Å². The molecule has 1 heterocycles. The molecule has 3 heteroatoms. The van der Waals surface area contributed by atoms with Gasteiger partial charge in [0.1, 0.15) is 0 Å². The molecule has 2 aliphatic rings. The molecule has 0 spiro atoms. The molecule has 2 fully saturated rings. The van der Waals surface area contributed by atoms with E-state index in [9.17, 15) is 0 Å². The van der Waals surface area contributed by atoms with Gasteiger partial charge >= 0.3 is 0 Å². The fourth-order valence-electron chi connectivity index (χ4n) is 3.45. The number of nitrogens with one attached hydrogen (secondary N) is 1. The van der Waals surface area contributed by atoms with Crippen LogP contribution in [0.2, 0.25) is 0 Å². The Labute approximate surface area is 106 Å². The molecule has 0 aromatic heterocycles. The zero-order valence-electron chi connectivity index (χ0n) is 11.7. The molecule has 1 saturated heterocycles. The summed E-state index contributed by atoms with van der Waals surface area (Å²) < 4.78 is 5.69. The lowest BCUT2D eigenvalue weighted by atomic mass is 9.87. The highest BCUT2D eigenvalue weighted by atomic mass is 16.5. The van der Waals surface area contributed by atoms with Gasteiger partial charge in [-0.3, -0.25) is 4.90 Å². The van der Waals surface area contributed by atoms with Crippen LogP contribution in [0.5, 0.6) is 0 Å². The molecule has 1 aliphatic heterocycles. The Morgan fingerprint density at radius 1 is 1.24 bits per heavy atom. The standard InChI is InChI=1S/C14H28N2O/c1-14(17-3)9-4-10-16(11-14)13-7-5-12(15-2)6-8-13/h12-13,15H,4-11H2,1-3H3. The van der Waals surface area contributed by atoms with Crippen LogP contribution in [0.3, 0.4) is 0 Å². The molecule has 1 N–H and O–H groups in total. The average molecular weight is 240 g/mol. The Balaban J connectivity index is 1.86. The molecular weight excluding hydrogens is 212 g/mol. The zero-order chi connectivity index (χ0) is 12.3. The van der Waals surface area contributed by atoms with Crippen molar-refractivity contribution in [3.05, 3.63) is 0 Å². The van der Waals surface area contributed by atoms with Crippen molar-refractivity contribution in [1.82, 2.24) is 10.2 Å². The topological polar surface area (TPSA) is 24.5 Å². The van der Waals surface area contributed by atoms with E-state index in [4.69, 9.17) is 4.74 Å². The summed E-state index contributed by atoms with van der Waals surface area (Å²) in [6.45, 7) is 4.66. The monoisotopic (exact) mass is 240 g/mol. The second kappa shape index (κ2) is 5.68. The molecule has 1 saturated carbocycles. The highest BCUT2D eigenvalue weighted by Crippen LogP contribution is 2.30. The molecule has 0 amide bonds. The Kier molecular flexibility index (Phi) is 4.45. The number of likely N-dealkylation sites (tertiary alicyclic amines) is 1. The predicted octanol–water partition coefficient (Wildman–Crippen LogP) is 2.02. The van der Waals surface area contributed by atoms with Crippen molar-refractivity contribution in [3.8, 4) is 0 Å². The molecule has 1 unspecified atom stereocenters. The highest BCUT2D eigenvalue weighted by Gasteiger charge is 2.35. The van der Waals surface area contributed by atoms with Gasteiger partial charge in [-0.2, -0.15) is 0 Å². The summed E-state index contributed by atoms with van der Waals surface area (Å²) in [6.07, 6.45) is 7.88. The summed E-state index contributed by atoms with van der Waals surface area (Å²) in [7, 11) is 3.95. The Morgan fingerprint density at radius 2 is 1.94 bits per heavy atom. The number of nitrogens with zero attached hydrogens (tertiary/aromatic N) is 1. The maximum Gasteiger partial charge on any atom is 0.0777 e. The van der Waals surface area contributed by atoms with Crippen LogP contribution in [0.4, 0.5) is 0 Å².